The summed E-state index contributed by atoms with van der Waals surface area (Å²) >= 11 is 0. The summed E-state index contributed by atoms with van der Waals surface area (Å²) < 4.78 is 16.1. The number of piperazine rings is 1. The second kappa shape index (κ2) is 11.1. The summed E-state index contributed by atoms with van der Waals surface area (Å²) in [6.45, 7) is 6.10. The average Bonchev–Trinajstić information content (AvgIpc) is 3.23. The molecule has 9 heteroatoms. The fraction of sp³-hybridized carbons (Fsp3) is 0.400. The maximum Gasteiger partial charge on any atom is 0.414 e. The number of methoxy groups -OCH3 is 2. The molecule has 0 bridgehead atoms. The minimum atomic E-state index is -1.82. The standard InChI is InChI=1S/C18H24N2O3.C2H2O4/c1-21-17-6-5-15(12-18(17)22-2)13-19-7-9-20(10-8-19)14-16-4-3-11-23-16;3-1(4)2(5)6/h3-6,11-12H,7-10,13-14H2,1-2H3;(H,3,4)(H,5,6). The highest BCUT2D eigenvalue weighted by Crippen LogP contribution is 2.28. The van der Waals surface area contributed by atoms with E-state index in [9.17, 15) is 0 Å². The van der Waals surface area contributed by atoms with Crippen molar-refractivity contribution < 1.29 is 33.7 Å². The van der Waals surface area contributed by atoms with Crippen LogP contribution in [0.1, 0.15) is 11.3 Å². The van der Waals surface area contributed by atoms with Crippen molar-refractivity contribution in [2.75, 3.05) is 40.4 Å². The number of aliphatic carboxylic acids is 2. The van der Waals surface area contributed by atoms with Crippen molar-refractivity contribution in [2.24, 2.45) is 0 Å². The van der Waals surface area contributed by atoms with Gasteiger partial charge in [-0.2, -0.15) is 0 Å². The quantitative estimate of drug-likeness (QED) is 0.693. The number of benzene rings is 1. The predicted octanol–water partition coefficient (Wildman–Crippen LogP) is 1.77. The van der Waals surface area contributed by atoms with E-state index in [1.54, 1.807) is 20.5 Å². The molecule has 2 heterocycles. The number of hydrogen-bond donors (Lipinski definition) is 2. The number of carboxylic acid groups (broad SMARTS) is 2. The molecule has 0 saturated carbocycles. The molecule has 2 aromatic rings. The number of hydrogen-bond acceptors (Lipinski definition) is 7. The van der Waals surface area contributed by atoms with Crippen molar-refractivity contribution >= 4 is 11.9 Å². The Labute approximate surface area is 169 Å². The van der Waals surface area contributed by atoms with Crippen molar-refractivity contribution in [2.45, 2.75) is 13.1 Å². The highest BCUT2D eigenvalue weighted by atomic mass is 16.5. The van der Waals surface area contributed by atoms with E-state index in [0.29, 0.717) is 0 Å². The largest absolute Gasteiger partial charge is 0.493 e. The van der Waals surface area contributed by atoms with Crippen LogP contribution < -0.4 is 9.47 Å². The summed E-state index contributed by atoms with van der Waals surface area (Å²) in [5.41, 5.74) is 1.25. The Kier molecular flexibility index (Phi) is 8.50. The zero-order valence-electron chi connectivity index (χ0n) is 16.5. The van der Waals surface area contributed by atoms with Crippen LogP contribution in [0, 0.1) is 0 Å². The van der Waals surface area contributed by atoms with Gasteiger partial charge in [-0.25, -0.2) is 9.59 Å². The Balaban J connectivity index is 0.000000438. The van der Waals surface area contributed by atoms with Gasteiger partial charge in [0.15, 0.2) is 11.5 Å². The van der Waals surface area contributed by atoms with E-state index < -0.39 is 11.9 Å². The van der Waals surface area contributed by atoms with Crippen LogP contribution in [0.15, 0.2) is 41.0 Å². The highest BCUT2D eigenvalue weighted by Gasteiger charge is 2.18. The third-order valence-corrected chi connectivity index (χ3v) is 4.46. The van der Waals surface area contributed by atoms with Crippen molar-refractivity contribution in [3.63, 3.8) is 0 Å². The van der Waals surface area contributed by atoms with Gasteiger partial charge < -0.3 is 24.1 Å². The summed E-state index contributed by atoms with van der Waals surface area (Å²) in [5.74, 6) is -1.04. The monoisotopic (exact) mass is 406 g/mol. The summed E-state index contributed by atoms with van der Waals surface area (Å²) in [6, 6.07) is 10.1. The number of nitrogens with zero attached hydrogens (tertiary/aromatic N) is 2. The number of furan rings is 1. The van der Waals surface area contributed by atoms with E-state index in [4.69, 9.17) is 33.7 Å². The minimum absolute atomic E-state index is 0.777. The van der Waals surface area contributed by atoms with E-state index in [1.807, 2.05) is 18.2 Å². The van der Waals surface area contributed by atoms with Gasteiger partial charge >= 0.3 is 11.9 Å². The van der Waals surface area contributed by atoms with Gasteiger partial charge in [-0.1, -0.05) is 6.07 Å². The van der Waals surface area contributed by atoms with Gasteiger partial charge in [0.25, 0.3) is 0 Å². The van der Waals surface area contributed by atoms with Crippen LogP contribution in [0.3, 0.4) is 0 Å². The first-order valence-electron chi connectivity index (χ1n) is 9.07. The van der Waals surface area contributed by atoms with Crippen molar-refractivity contribution in [1.29, 1.82) is 0 Å². The zero-order chi connectivity index (χ0) is 21.2. The lowest BCUT2D eigenvalue weighted by Crippen LogP contribution is -2.45. The van der Waals surface area contributed by atoms with Gasteiger partial charge in [0.2, 0.25) is 0 Å². The van der Waals surface area contributed by atoms with Crippen molar-refractivity contribution in [3.05, 3.63) is 47.9 Å². The fourth-order valence-corrected chi connectivity index (χ4v) is 2.97. The summed E-state index contributed by atoms with van der Waals surface area (Å²) in [7, 11) is 3.34. The first-order valence-corrected chi connectivity index (χ1v) is 9.07. The predicted molar refractivity (Wildman–Crippen MR) is 104 cm³/mol. The molecule has 1 aliphatic heterocycles. The second-order valence-electron chi connectivity index (χ2n) is 6.43. The molecule has 0 spiro atoms. The average molecular weight is 406 g/mol. The topological polar surface area (TPSA) is 113 Å². The summed E-state index contributed by atoms with van der Waals surface area (Å²) in [4.78, 5) is 23.1. The fourth-order valence-electron chi connectivity index (χ4n) is 2.97. The van der Waals surface area contributed by atoms with Gasteiger partial charge in [-0.05, 0) is 29.8 Å². The highest BCUT2D eigenvalue weighted by molar-refractivity contribution is 6.27. The van der Waals surface area contributed by atoms with Crippen LogP contribution in [0.5, 0.6) is 11.5 Å². The summed E-state index contributed by atoms with van der Waals surface area (Å²) in [5, 5.41) is 14.8. The molecule has 9 nitrogen and oxygen atoms in total. The van der Waals surface area contributed by atoms with E-state index >= 15 is 0 Å². The molecule has 1 saturated heterocycles. The first-order chi connectivity index (χ1) is 13.9. The van der Waals surface area contributed by atoms with E-state index in [-0.39, 0.29) is 0 Å². The Morgan fingerprint density at radius 2 is 1.52 bits per heavy atom. The van der Waals surface area contributed by atoms with Crippen LogP contribution in [0.25, 0.3) is 0 Å². The first kappa shape index (κ1) is 22.3. The molecule has 158 valence electrons. The zero-order valence-corrected chi connectivity index (χ0v) is 16.5. The molecular weight excluding hydrogens is 380 g/mol. The van der Waals surface area contributed by atoms with E-state index in [1.165, 1.54) is 5.56 Å². The maximum absolute atomic E-state index is 9.10. The Hall–Kier alpha value is -3.04. The molecule has 1 aliphatic rings. The van der Waals surface area contributed by atoms with Gasteiger partial charge in [-0.3, -0.25) is 9.80 Å². The SMILES string of the molecule is COc1ccc(CN2CCN(Cc3ccco3)CC2)cc1OC.O=C(O)C(=O)O. The smallest absolute Gasteiger partial charge is 0.414 e. The van der Waals surface area contributed by atoms with Crippen LogP contribution in [0.2, 0.25) is 0 Å². The molecule has 29 heavy (non-hydrogen) atoms. The Morgan fingerprint density at radius 1 is 0.931 bits per heavy atom. The van der Waals surface area contributed by atoms with Gasteiger partial charge in [0, 0.05) is 32.7 Å². The molecule has 1 aromatic carbocycles. The van der Waals surface area contributed by atoms with E-state index in [0.717, 1.165) is 56.5 Å². The van der Waals surface area contributed by atoms with Gasteiger partial charge in [0.05, 0.1) is 27.0 Å². The minimum Gasteiger partial charge on any atom is -0.493 e. The molecule has 2 N–H and O–H groups in total. The molecule has 1 aromatic heterocycles. The Bertz CT molecular complexity index is 772. The molecule has 1 fully saturated rings. The second-order valence-corrected chi connectivity index (χ2v) is 6.43. The van der Waals surface area contributed by atoms with Crippen LogP contribution in [-0.4, -0.2) is 72.4 Å². The number of carboxylic acids is 2. The lowest BCUT2D eigenvalue weighted by molar-refractivity contribution is -0.159. The molecule has 0 unspecified atom stereocenters. The van der Waals surface area contributed by atoms with Gasteiger partial charge in [-0.15, -0.1) is 0 Å². The van der Waals surface area contributed by atoms with Crippen molar-refractivity contribution in [1.82, 2.24) is 9.80 Å². The molecular formula is C20H26N2O7. The molecule has 0 atom stereocenters. The molecule has 0 aliphatic carbocycles. The van der Waals surface area contributed by atoms with Crippen LogP contribution in [-0.2, 0) is 22.7 Å². The van der Waals surface area contributed by atoms with Gasteiger partial charge in [0.1, 0.15) is 5.76 Å². The van der Waals surface area contributed by atoms with E-state index in [2.05, 4.69) is 21.9 Å². The van der Waals surface area contributed by atoms with Crippen molar-refractivity contribution in [3.8, 4) is 11.5 Å². The number of ether oxygens (including phenoxy) is 2. The molecule has 0 radical (unpaired) electrons. The maximum atomic E-state index is 9.10. The normalized spacial score (nSPS) is 14.6. The lowest BCUT2D eigenvalue weighted by Gasteiger charge is -2.34. The third-order valence-electron chi connectivity index (χ3n) is 4.46. The van der Waals surface area contributed by atoms with Crippen LogP contribution >= 0.6 is 0 Å². The summed E-state index contributed by atoms with van der Waals surface area (Å²) in [6.07, 6.45) is 1.74. The number of carbonyl (C=O) groups is 2. The molecule has 3 rings (SSSR count). The molecule has 0 amide bonds. The Morgan fingerprint density at radius 3 is 2.00 bits per heavy atom. The lowest BCUT2D eigenvalue weighted by atomic mass is 10.1. The third kappa shape index (κ3) is 7.13. The number of rotatable bonds is 6. The van der Waals surface area contributed by atoms with Crippen LogP contribution in [0.4, 0.5) is 0 Å².